The van der Waals surface area contributed by atoms with Gasteiger partial charge < -0.3 is 0 Å². The number of benzene rings is 3. The average molecular weight is 429 g/mol. The fourth-order valence-electron chi connectivity index (χ4n) is 2.04. The summed E-state index contributed by atoms with van der Waals surface area (Å²) >= 11 is 4.07. The van der Waals surface area contributed by atoms with Crippen LogP contribution in [0.25, 0.3) is 0 Å². The maximum atomic E-state index is 4.51. The molecule has 0 saturated heterocycles. The Morgan fingerprint density at radius 3 is 1.96 bits per heavy atom. The highest BCUT2D eigenvalue weighted by Crippen LogP contribution is 2.27. The number of aliphatic imine (C=N–C) groups is 1. The molecule has 0 radical (unpaired) electrons. The van der Waals surface area contributed by atoms with E-state index in [1.54, 1.807) is 11.8 Å². The van der Waals surface area contributed by atoms with Crippen molar-refractivity contribution in [1.29, 1.82) is 0 Å². The molecule has 0 saturated carbocycles. The molecule has 0 aliphatic heterocycles. The monoisotopic (exact) mass is 429 g/mol. The molecule has 0 N–H and O–H groups in total. The third-order valence-corrected chi connectivity index (χ3v) is 5.06. The molecule has 3 rings (SSSR count). The van der Waals surface area contributed by atoms with Gasteiger partial charge in [0.05, 0.1) is 5.69 Å². The minimum Gasteiger partial charge on any atom is -0.256 e. The maximum Gasteiger partial charge on any atom is 0.0630 e. The van der Waals surface area contributed by atoms with Crippen molar-refractivity contribution in [1.82, 2.24) is 0 Å². The SMILES string of the molecule is Cc1ccc(Sc2ccc(C=Nc3ccc(I)cc3)cc2)cc1. The van der Waals surface area contributed by atoms with Crippen LogP contribution in [0.4, 0.5) is 5.69 Å². The van der Waals surface area contributed by atoms with E-state index in [1.165, 1.54) is 18.9 Å². The Hall–Kier alpha value is -1.59. The van der Waals surface area contributed by atoms with Crippen molar-refractivity contribution in [2.24, 2.45) is 4.99 Å². The van der Waals surface area contributed by atoms with E-state index in [-0.39, 0.29) is 0 Å². The largest absolute Gasteiger partial charge is 0.256 e. The summed E-state index contributed by atoms with van der Waals surface area (Å²) in [6.45, 7) is 2.11. The molecule has 0 aliphatic rings. The van der Waals surface area contributed by atoms with Crippen LogP contribution in [-0.4, -0.2) is 6.21 Å². The molecular formula is C20H16INS. The zero-order chi connectivity index (χ0) is 16.1. The molecule has 0 fully saturated rings. The summed E-state index contributed by atoms with van der Waals surface area (Å²) in [6, 6.07) is 25.3. The Kier molecular flexibility index (Phi) is 5.51. The van der Waals surface area contributed by atoms with Gasteiger partial charge in [0.25, 0.3) is 0 Å². The van der Waals surface area contributed by atoms with Crippen LogP contribution in [0.1, 0.15) is 11.1 Å². The second-order valence-corrected chi connectivity index (χ2v) is 7.61. The normalized spacial score (nSPS) is 11.0. The molecule has 23 heavy (non-hydrogen) atoms. The van der Waals surface area contributed by atoms with Gasteiger partial charge in [-0.05, 0) is 83.6 Å². The average Bonchev–Trinajstić information content (AvgIpc) is 2.58. The molecule has 0 aromatic heterocycles. The number of hydrogen-bond donors (Lipinski definition) is 0. The minimum atomic E-state index is 0.975. The first-order valence-corrected chi connectivity index (χ1v) is 9.23. The lowest BCUT2D eigenvalue weighted by Gasteiger charge is -2.02. The molecule has 1 nitrogen and oxygen atoms in total. The molecule has 0 spiro atoms. The lowest BCUT2D eigenvalue weighted by Crippen LogP contribution is -1.81. The third kappa shape index (κ3) is 4.94. The van der Waals surface area contributed by atoms with Crippen molar-refractivity contribution >= 4 is 46.3 Å². The summed E-state index contributed by atoms with van der Waals surface area (Å²) in [5.74, 6) is 0. The van der Waals surface area contributed by atoms with Gasteiger partial charge in [0.2, 0.25) is 0 Å². The highest BCUT2D eigenvalue weighted by atomic mass is 127. The Labute approximate surface area is 155 Å². The van der Waals surface area contributed by atoms with E-state index in [0.29, 0.717) is 0 Å². The van der Waals surface area contributed by atoms with Crippen LogP contribution in [0, 0.1) is 10.5 Å². The van der Waals surface area contributed by atoms with Crippen molar-refractivity contribution in [2.45, 2.75) is 16.7 Å². The Morgan fingerprint density at radius 2 is 1.35 bits per heavy atom. The first kappa shape index (κ1) is 16.3. The Balaban J connectivity index is 1.67. The molecule has 3 aromatic rings. The van der Waals surface area contributed by atoms with Crippen molar-refractivity contribution in [2.75, 3.05) is 0 Å². The second kappa shape index (κ2) is 7.79. The first-order chi connectivity index (χ1) is 11.2. The zero-order valence-electron chi connectivity index (χ0n) is 12.7. The standard InChI is InChI=1S/C20H16INS/c1-15-2-10-19(11-3-15)23-20-12-4-16(5-13-20)14-22-18-8-6-17(21)7-9-18/h2-14H,1H3. The van der Waals surface area contributed by atoms with E-state index in [0.717, 1.165) is 11.3 Å². The van der Waals surface area contributed by atoms with Gasteiger partial charge in [-0.15, -0.1) is 0 Å². The van der Waals surface area contributed by atoms with Crippen LogP contribution in [0.5, 0.6) is 0 Å². The van der Waals surface area contributed by atoms with Gasteiger partial charge in [-0.3, -0.25) is 4.99 Å². The summed E-state index contributed by atoms with van der Waals surface area (Å²) in [5, 5.41) is 0. The molecule has 0 atom stereocenters. The van der Waals surface area contributed by atoms with Crippen LogP contribution >= 0.6 is 34.4 Å². The summed E-state index contributed by atoms with van der Waals surface area (Å²) in [7, 11) is 0. The fourth-order valence-corrected chi connectivity index (χ4v) is 3.22. The van der Waals surface area contributed by atoms with E-state index in [2.05, 4.69) is 95.2 Å². The smallest absolute Gasteiger partial charge is 0.0630 e. The van der Waals surface area contributed by atoms with Crippen molar-refractivity contribution in [3.05, 3.63) is 87.5 Å². The van der Waals surface area contributed by atoms with Gasteiger partial charge in [0.15, 0.2) is 0 Å². The van der Waals surface area contributed by atoms with Crippen LogP contribution < -0.4 is 0 Å². The molecule has 0 unspecified atom stereocenters. The lowest BCUT2D eigenvalue weighted by molar-refractivity contribution is 1.36. The number of aryl methyl sites for hydroxylation is 1. The summed E-state index contributed by atoms with van der Waals surface area (Å²) in [4.78, 5) is 7.00. The summed E-state index contributed by atoms with van der Waals surface area (Å²) < 4.78 is 1.22. The van der Waals surface area contributed by atoms with Crippen LogP contribution in [0.3, 0.4) is 0 Å². The highest BCUT2D eigenvalue weighted by Gasteiger charge is 1.97. The predicted molar refractivity (Wildman–Crippen MR) is 108 cm³/mol. The van der Waals surface area contributed by atoms with Crippen molar-refractivity contribution < 1.29 is 0 Å². The molecule has 0 heterocycles. The molecule has 3 aromatic carbocycles. The maximum absolute atomic E-state index is 4.51. The third-order valence-electron chi connectivity index (χ3n) is 3.33. The number of rotatable bonds is 4. The molecular weight excluding hydrogens is 413 g/mol. The number of nitrogens with zero attached hydrogens (tertiary/aromatic N) is 1. The van der Waals surface area contributed by atoms with E-state index in [4.69, 9.17) is 0 Å². The molecule has 114 valence electrons. The van der Waals surface area contributed by atoms with Gasteiger partial charge >= 0.3 is 0 Å². The van der Waals surface area contributed by atoms with Crippen LogP contribution in [0.2, 0.25) is 0 Å². The quantitative estimate of drug-likeness (QED) is 0.341. The van der Waals surface area contributed by atoms with Crippen molar-refractivity contribution in [3.63, 3.8) is 0 Å². The van der Waals surface area contributed by atoms with Gasteiger partial charge in [0.1, 0.15) is 0 Å². The fraction of sp³-hybridized carbons (Fsp3) is 0.0500. The molecule has 3 heteroatoms. The van der Waals surface area contributed by atoms with Crippen LogP contribution in [0.15, 0.2) is 87.6 Å². The lowest BCUT2D eigenvalue weighted by atomic mass is 10.2. The minimum absolute atomic E-state index is 0.975. The second-order valence-electron chi connectivity index (χ2n) is 5.22. The molecule has 0 amide bonds. The summed E-state index contributed by atoms with van der Waals surface area (Å²) in [5.41, 5.74) is 3.37. The van der Waals surface area contributed by atoms with Gasteiger partial charge in [-0.2, -0.15) is 0 Å². The first-order valence-electron chi connectivity index (χ1n) is 7.33. The van der Waals surface area contributed by atoms with E-state index < -0.39 is 0 Å². The van der Waals surface area contributed by atoms with E-state index >= 15 is 0 Å². The van der Waals surface area contributed by atoms with Gasteiger partial charge in [-0.1, -0.05) is 41.6 Å². The molecule has 0 aliphatic carbocycles. The van der Waals surface area contributed by atoms with E-state index in [1.807, 2.05) is 18.3 Å². The predicted octanol–water partition coefficient (Wildman–Crippen LogP) is 6.50. The number of halogens is 1. The van der Waals surface area contributed by atoms with Crippen LogP contribution in [-0.2, 0) is 0 Å². The van der Waals surface area contributed by atoms with E-state index in [9.17, 15) is 0 Å². The topological polar surface area (TPSA) is 12.4 Å². The van der Waals surface area contributed by atoms with Gasteiger partial charge in [-0.25, -0.2) is 0 Å². The highest BCUT2D eigenvalue weighted by molar-refractivity contribution is 14.1. The van der Waals surface area contributed by atoms with Crippen molar-refractivity contribution in [3.8, 4) is 0 Å². The zero-order valence-corrected chi connectivity index (χ0v) is 15.7. The Morgan fingerprint density at radius 1 is 0.783 bits per heavy atom. The summed E-state index contributed by atoms with van der Waals surface area (Å²) in [6.07, 6.45) is 1.91. The number of hydrogen-bond acceptors (Lipinski definition) is 2. The van der Waals surface area contributed by atoms with Gasteiger partial charge in [0, 0.05) is 19.6 Å². The molecule has 0 bridgehead atoms. The Bertz CT molecular complexity index is 791.